The zero-order chi connectivity index (χ0) is 20.1. The van der Waals surface area contributed by atoms with Gasteiger partial charge in [0.05, 0.1) is 19.3 Å². The van der Waals surface area contributed by atoms with Crippen LogP contribution in [0.15, 0.2) is 40.1 Å². The maximum absolute atomic E-state index is 12.7. The van der Waals surface area contributed by atoms with Gasteiger partial charge in [-0.15, -0.1) is 0 Å². The fraction of sp³-hybridized carbons (Fsp3) is 0.529. The van der Waals surface area contributed by atoms with Gasteiger partial charge in [-0.25, -0.2) is 13.2 Å². The number of furan rings is 1. The molecule has 11 heteroatoms. The second-order valence-electron chi connectivity index (χ2n) is 6.43. The van der Waals surface area contributed by atoms with Crippen molar-refractivity contribution in [2.45, 2.75) is 24.7 Å². The number of aliphatic hydroxyl groups is 1. The van der Waals surface area contributed by atoms with Gasteiger partial charge in [0.1, 0.15) is 0 Å². The lowest BCUT2D eigenvalue weighted by Gasteiger charge is -2.34. The number of hydrogen-bond donors (Lipinski definition) is 1. The average molecular weight is 412 g/mol. The minimum atomic E-state index is -3.83. The molecule has 154 valence electrons. The lowest BCUT2D eigenvalue weighted by Crippen LogP contribution is -2.50. The summed E-state index contributed by atoms with van der Waals surface area (Å²) in [4.78, 5) is 13.7. The van der Waals surface area contributed by atoms with Gasteiger partial charge < -0.3 is 14.3 Å². The average Bonchev–Trinajstić information content (AvgIpc) is 3.34. The number of nitrogens with zero attached hydrogens (tertiary/aromatic N) is 4. The molecule has 1 aliphatic heterocycles. The van der Waals surface area contributed by atoms with Gasteiger partial charge in [0, 0.05) is 45.1 Å². The number of aliphatic hydroxyl groups excluding tert-OH is 1. The number of carbonyl (C=O) groups excluding carboxylic acids is 1. The number of rotatable bonds is 8. The van der Waals surface area contributed by atoms with Crippen LogP contribution in [0.3, 0.4) is 0 Å². The summed E-state index contributed by atoms with van der Waals surface area (Å²) in [6.07, 6.45) is 2.83. The van der Waals surface area contributed by atoms with Crippen molar-refractivity contribution in [1.29, 1.82) is 0 Å². The Labute approximate surface area is 163 Å². The van der Waals surface area contributed by atoms with Crippen molar-refractivity contribution in [2.75, 3.05) is 39.3 Å². The minimum absolute atomic E-state index is 0.138. The highest BCUT2D eigenvalue weighted by Crippen LogP contribution is 2.21. The van der Waals surface area contributed by atoms with Crippen LogP contribution in [0.2, 0.25) is 0 Å². The molecule has 10 nitrogen and oxygen atoms in total. The molecule has 0 saturated carbocycles. The molecule has 1 unspecified atom stereocenters. The van der Waals surface area contributed by atoms with Crippen LogP contribution >= 0.6 is 0 Å². The molecule has 1 saturated heterocycles. The Morgan fingerprint density at radius 1 is 1.29 bits per heavy atom. The van der Waals surface area contributed by atoms with E-state index in [2.05, 4.69) is 5.10 Å². The molecule has 1 fully saturated rings. The highest BCUT2D eigenvalue weighted by molar-refractivity contribution is 7.89. The van der Waals surface area contributed by atoms with Gasteiger partial charge in [0.2, 0.25) is 10.9 Å². The zero-order valence-electron chi connectivity index (χ0n) is 15.6. The SMILES string of the molecule is CCOC(=O)c1ccc(S(=O)(=O)N2CCN(CC(O)Cn3cccn3)CC2)o1. The van der Waals surface area contributed by atoms with Crippen molar-refractivity contribution in [3.05, 3.63) is 36.4 Å². The summed E-state index contributed by atoms with van der Waals surface area (Å²) in [6.45, 7) is 4.16. The van der Waals surface area contributed by atoms with Gasteiger partial charge in [-0.05, 0) is 25.1 Å². The molecule has 2 aromatic rings. The Kier molecular flexibility index (Phi) is 6.50. The van der Waals surface area contributed by atoms with Gasteiger partial charge in [-0.1, -0.05) is 0 Å². The third-order valence-electron chi connectivity index (χ3n) is 4.41. The molecule has 1 atom stereocenters. The Morgan fingerprint density at radius 3 is 2.68 bits per heavy atom. The molecular weight excluding hydrogens is 388 g/mol. The first-order valence-corrected chi connectivity index (χ1v) is 10.5. The number of hydrogen-bond acceptors (Lipinski definition) is 8. The molecule has 0 radical (unpaired) electrons. The maximum atomic E-state index is 12.7. The predicted octanol–water partition coefficient (Wildman–Crippen LogP) is 0.0202. The number of esters is 1. The smallest absolute Gasteiger partial charge is 0.374 e. The number of ether oxygens (including phenoxy) is 1. The molecule has 0 aliphatic carbocycles. The third-order valence-corrected chi connectivity index (χ3v) is 6.18. The summed E-state index contributed by atoms with van der Waals surface area (Å²) in [7, 11) is -3.83. The predicted molar refractivity (Wildman–Crippen MR) is 98.1 cm³/mol. The molecule has 0 aromatic carbocycles. The summed E-state index contributed by atoms with van der Waals surface area (Å²) in [5.74, 6) is -0.833. The molecule has 3 rings (SSSR count). The van der Waals surface area contributed by atoms with Crippen molar-refractivity contribution in [1.82, 2.24) is 19.0 Å². The molecule has 0 spiro atoms. The number of sulfonamides is 1. The fourth-order valence-corrected chi connectivity index (χ4v) is 4.36. The van der Waals surface area contributed by atoms with Gasteiger partial charge in [0.25, 0.3) is 10.0 Å². The molecule has 2 aromatic heterocycles. The summed E-state index contributed by atoms with van der Waals surface area (Å²) in [5.41, 5.74) is 0. The molecule has 3 heterocycles. The standard InChI is InChI=1S/C17H24N4O6S/c1-2-26-17(23)15-4-5-16(27-15)28(24,25)21-10-8-19(9-11-21)12-14(22)13-20-7-3-6-18-20/h3-7,14,22H,2,8-13H2,1H3. The first kappa shape index (κ1) is 20.5. The van der Waals surface area contributed by atoms with Gasteiger partial charge in [0.15, 0.2) is 0 Å². The minimum Gasteiger partial charge on any atom is -0.460 e. The maximum Gasteiger partial charge on any atom is 0.374 e. The van der Waals surface area contributed by atoms with Gasteiger partial charge in [-0.2, -0.15) is 9.40 Å². The molecule has 28 heavy (non-hydrogen) atoms. The van der Waals surface area contributed by atoms with Crippen molar-refractivity contribution >= 4 is 16.0 Å². The van der Waals surface area contributed by atoms with E-state index in [9.17, 15) is 18.3 Å². The van der Waals surface area contributed by atoms with Gasteiger partial charge >= 0.3 is 5.97 Å². The van der Waals surface area contributed by atoms with E-state index in [0.717, 1.165) is 0 Å². The highest BCUT2D eigenvalue weighted by Gasteiger charge is 2.32. The summed E-state index contributed by atoms with van der Waals surface area (Å²) in [5, 5.41) is 14.0. The topological polar surface area (TPSA) is 118 Å². The van der Waals surface area contributed by atoms with E-state index in [0.29, 0.717) is 26.2 Å². The molecule has 0 bridgehead atoms. The highest BCUT2D eigenvalue weighted by atomic mass is 32.2. The second-order valence-corrected chi connectivity index (χ2v) is 8.29. The van der Waals surface area contributed by atoms with Crippen molar-refractivity contribution < 1.29 is 27.5 Å². The lowest BCUT2D eigenvalue weighted by molar-refractivity contribution is 0.0483. The van der Waals surface area contributed by atoms with E-state index >= 15 is 0 Å². The first-order valence-electron chi connectivity index (χ1n) is 9.05. The number of β-amino-alcohol motifs (C(OH)–C–C–N with tert-alkyl or cyclic N) is 1. The monoisotopic (exact) mass is 412 g/mol. The van der Waals surface area contributed by atoms with Crippen LogP contribution < -0.4 is 0 Å². The van der Waals surface area contributed by atoms with E-state index < -0.39 is 22.1 Å². The summed E-state index contributed by atoms with van der Waals surface area (Å²) >= 11 is 0. The van der Waals surface area contributed by atoms with Gasteiger partial charge in [-0.3, -0.25) is 9.58 Å². The second kappa shape index (κ2) is 8.86. The van der Waals surface area contributed by atoms with E-state index in [4.69, 9.17) is 9.15 Å². The van der Waals surface area contributed by atoms with Crippen molar-refractivity contribution in [3.8, 4) is 0 Å². The quantitative estimate of drug-likeness (QED) is 0.603. The van der Waals surface area contributed by atoms with E-state index in [1.165, 1.54) is 16.4 Å². The molecule has 1 N–H and O–H groups in total. The lowest BCUT2D eigenvalue weighted by atomic mass is 10.3. The number of aromatic nitrogens is 2. The summed E-state index contributed by atoms with van der Waals surface area (Å²) < 4.78 is 38.4. The Morgan fingerprint density at radius 2 is 2.04 bits per heavy atom. The molecule has 0 amide bonds. The van der Waals surface area contributed by atoms with Crippen LogP contribution in [0, 0.1) is 0 Å². The molecule has 1 aliphatic rings. The van der Waals surface area contributed by atoms with Crippen molar-refractivity contribution in [2.24, 2.45) is 0 Å². The van der Waals surface area contributed by atoms with E-state index in [1.807, 2.05) is 4.90 Å². The number of piperazine rings is 1. The van der Waals surface area contributed by atoms with E-state index in [-0.39, 0.29) is 30.5 Å². The fourth-order valence-electron chi connectivity index (χ4n) is 3.03. The third kappa shape index (κ3) is 4.79. The Bertz CT molecular complexity index is 871. The van der Waals surface area contributed by atoms with Crippen LogP contribution in [0.4, 0.5) is 0 Å². The van der Waals surface area contributed by atoms with Crippen LogP contribution in [-0.4, -0.2) is 83.9 Å². The van der Waals surface area contributed by atoms with E-state index in [1.54, 1.807) is 30.1 Å². The Balaban J connectivity index is 1.54. The number of carbonyl (C=O) groups is 1. The van der Waals surface area contributed by atoms with Crippen LogP contribution in [0.5, 0.6) is 0 Å². The largest absolute Gasteiger partial charge is 0.460 e. The zero-order valence-corrected chi connectivity index (χ0v) is 16.4. The normalized spacial score (nSPS) is 17.5. The first-order chi connectivity index (χ1) is 13.4. The van der Waals surface area contributed by atoms with Crippen LogP contribution in [0.25, 0.3) is 0 Å². The summed E-state index contributed by atoms with van der Waals surface area (Å²) in [6, 6.07) is 4.35. The molecular formula is C17H24N4O6S. The van der Waals surface area contributed by atoms with Crippen molar-refractivity contribution in [3.63, 3.8) is 0 Å². The Hall–Kier alpha value is -2.21. The van der Waals surface area contributed by atoms with Crippen LogP contribution in [0.1, 0.15) is 17.5 Å². The van der Waals surface area contributed by atoms with Crippen LogP contribution in [-0.2, 0) is 21.3 Å².